The molecule has 0 bridgehead atoms. The number of hydrogen-bond donors (Lipinski definition) is 2. The molecule has 0 radical (unpaired) electrons. The maximum absolute atomic E-state index is 3.73. The second-order valence-electron chi connectivity index (χ2n) is 12.4. The van der Waals surface area contributed by atoms with Crippen LogP contribution in [0.2, 0.25) is 0 Å². The average molecular weight is 587 g/mol. The molecule has 0 fully saturated rings. The van der Waals surface area contributed by atoms with Gasteiger partial charge in [-0.05, 0) is 72.8 Å². The summed E-state index contributed by atoms with van der Waals surface area (Å²) >= 11 is 0. The van der Waals surface area contributed by atoms with Crippen LogP contribution >= 0.6 is 0 Å². The minimum Gasteiger partial charge on any atom is -0.354 e. The van der Waals surface area contributed by atoms with E-state index in [-0.39, 0.29) is 0 Å². The third-order valence-corrected chi connectivity index (χ3v) is 9.96. The number of fused-ring (bicyclic) bond motifs is 12. The molecule has 7 aromatic carbocycles. The average Bonchev–Trinajstić information content (AvgIpc) is 3.84. The first-order valence-electron chi connectivity index (χ1n) is 15.8. The van der Waals surface area contributed by atoms with Gasteiger partial charge in [-0.1, -0.05) is 72.8 Å². The predicted octanol–water partition coefficient (Wildman–Crippen LogP) is 11.1. The van der Waals surface area contributed by atoms with Gasteiger partial charge in [-0.25, -0.2) is 0 Å². The molecule has 0 aliphatic heterocycles. The predicted molar refractivity (Wildman–Crippen MR) is 194 cm³/mol. The molecule has 0 saturated heterocycles. The first-order chi connectivity index (χ1) is 22.8. The van der Waals surface area contributed by atoms with Gasteiger partial charge in [0.2, 0.25) is 0 Å². The first kappa shape index (κ1) is 24.1. The second-order valence-corrected chi connectivity index (χ2v) is 12.4. The lowest BCUT2D eigenvalue weighted by molar-refractivity contribution is 1.19. The fraction of sp³-hybridized carbons (Fsp3) is 0. The molecule has 4 aromatic heterocycles. The van der Waals surface area contributed by atoms with Crippen LogP contribution in [0.15, 0.2) is 146 Å². The number of para-hydroxylation sites is 4. The molecule has 0 aliphatic carbocycles. The van der Waals surface area contributed by atoms with Gasteiger partial charge in [0.25, 0.3) is 0 Å². The lowest BCUT2D eigenvalue weighted by Crippen LogP contribution is -1.93. The number of nitrogens with zero attached hydrogens (tertiary/aromatic N) is 2. The molecule has 4 heterocycles. The molecule has 4 heteroatoms. The minimum absolute atomic E-state index is 1.14. The number of nitrogens with one attached hydrogen (secondary N) is 2. The summed E-state index contributed by atoms with van der Waals surface area (Å²) in [5.74, 6) is 0. The number of H-pyrrole nitrogens is 2. The van der Waals surface area contributed by atoms with E-state index in [1.807, 2.05) is 0 Å². The van der Waals surface area contributed by atoms with Crippen molar-refractivity contribution in [1.82, 2.24) is 19.1 Å². The summed E-state index contributed by atoms with van der Waals surface area (Å²) in [5, 5.41) is 9.99. The van der Waals surface area contributed by atoms with Crippen molar-refractivity contribution in [3.63, 3.8) is 0 Å². The third kappa shape index (κ3) is 3.12. The van der Waals surface area contributed by atoms with E-state index in [9.17, 15) is 0 Å². The van der Waals surface area contributed by atoms with Crippen LogP contribution < -0.4 is 0 Å². The fourth-order valence-electron chi connectivity index (χ4n) is 7.95. The van der Waals surface area contributed by atoms with Crippen molar-refractivity contribution in [2.75, 3.05) is 0 Å². The molecule has 0 aliphatic rings. The molecule has 11 aromatic rings. The summed E-state index contributed by atoms with van der Waals surface area (Å²) in [4.78, 5) is 7.47. The van der Waals surface area contributed by atoms with E-state index in [0.717, 1.165) is 22.1 Å². The van der Waals surface area contributed by atoms with Crippen LogP contribution in [0.1, 0.15) is 0 Å². The van der Waals surface area contributed by atoms with Crippen molar-refractivity contribution in [3.05, 3.63) is 146 Å². The normalized spacial score (nSPS) is 12.3. The molecule has 46 heavy (non-hydrogen) atoms. The summed E-state index contributed by atoms with van der Waals surface area (Å²) in [6.07, 6.45) is 0. The van der Waals surface area contributed by atoms with Gasteiger partial charge in [-0.3, -0.25) is 0 Å². The maximum atomic E-state index is 3.73. The van der Waals surface area contributed by atoms with Crippen molar-refractivity contribution in [1.29, 1.82) is 0 Å². The van der Waals surface area contributed by atoms with E-state index in [0.29, 0.717) is 0 Å². The number of hydrogen-bond acceptors (Lipinski definition) is 0. The van der Waals surface area contributed by atoms with E-state index in [1.54, 1.807) is 0 Å². The minimum atomic E-state index is 1.14. The van der Waals surface area contributed by atoms with E-state index >= 15 is 0 Å². The highest BCUT2D eigenvalue weighted by molar-refractivity contribution is 6.18. The maximum Gasteiger partial charge on any atom is 0.0541 e. The Hall–Kier alpha value is -6.26. The quantitative estimate of drug-likeness (QED) is 0.202. The summed E-state index contributed by atoms with van der Waals surface area (Å²) in [6.45, 7) is 0. The van der Waals surface area contributed by atoms with E-state index < -0.39 is 0 Å². The summed E-state index contributed by atoms with van der Waals surface area (Å²) < 4.78 is 4.78. The fourth-order valence-corrected chi connectivity index (χ4v) is 7.95. The Morgan fingerprint density at radius 1 is 0.283 bits per heavy atom. The molecule has 214 valence electrons. The Kier molecular flexibility index (Phi) is 4.55. The molecular weight excluding hydrogens is 560 g/mol. The van der Waals surface area contributed by atoms with Crippen LogP contribution in [0.3, 0.4) is 0 Å². The number of rotatable bonds is 2. The van der Waals surface area contributed by atoms with Crippen molar-refractivity contribution in [2.45, 2.75) is 0 Å². The summed E-state index contributed by atoms with van der Waals surface area (Å²) in [5.41, 5.74) is 11.8. The number of aromatic amines is 2. The topological polar surface area (TPSA) is 41.4 Å². The van der Waals surface area contributed by atoms with Crippen LogP contribution in [0.5, 0.6) is 0 Å². The van der Waals surface area contributed by atoms with Gasteiger partial charge >= 0.3 is 0 Å². The Morgan fingerprint density at radius 3 is 0.978 bits per heavy atom. The van der Waals surface area contributed by atoms with Crippen molar-refractivity contribution >= 4 is 87.2 Å². The molecule has 0 atom stereocenters. The number of aromatic nitrogens is 4. The van der Waals surface area contributed by atoms with Gasteiger partial charge in [0.1, 0.15) is 0 Å². The van der Waals surface area contributed by atoms with Crippen molar-refractivity contribution in [2.24, 2.45) is 0 Å². The highest BCUT2D eigenvalue weighted by Gasteiger charge is 2.16. The lowest BCUT2D eigenvalue weighted by Gasteiger charge is -2.08. The molecule has 0 spiro atoms. The van der Waals surface area contributed by atoms with Gasteiger partial charge in [0, 0.05) is 76.5 Å². The zero-order valence-electron chi connectivity index (χ0n) is 24.8. The van der Waals surface area contributed by atoms with Crippen molar-refractivity contribution < 1.29 is 0 Å². The van der Waals surface area contributed by atoms with E-state index in [1.165, 1.54) is 76.5 Å². The van der Waals surface area contributed by atoms with Crippen LogP contribution in [-0.4, -0.2) is 19.1 Å². The molecule has 0 amide bonds. The lowest BCUT2D eigenvalue weighted by atomic mass is 10.1. The SMILES string of the molecule is c1ccc2c(c1)c1ccccc1n2-c1ccc2[nH]c3cc4c(cc3c2c1)[nH]c1ccc(-n2c3ccccc3c3ccccc32)cc14. The first-order valence-corrected chi connectivity index (χ1v) is 15.8. The van der Waals surface area contributed by atoms with Crippen LogP contribution in [-0.2, 0) is 0 Å². The van der Waals surface area contributed by atoms with Crippen molar-refractivity contribution in [3.8, 4) is 11.4 Å². The van der Waals surface area contributed by atoms with Gasteiger partial charge in [0.05, 0.1) is 22.1 Å². The largest absolute Gasteiger partial charge is 0.354 e. The summed E-state index contributed by atoms with van der Waals surface area (Å²) in [6, 6.07) is 53.0. The zero-order chi connectivity index (χ0) is 29.9. The summed E-state index contributed by atoms with van der Waals surface area (Å²) in [7, 11) is 0. The van der Waals surface area contributed by atoms with Gasteiger partial charge in [-0.2, -0.15) is 0 Å². The highest BCUT2D eigenvalue weighted by atomic mass is 15.0. The highest BCUT2D eigenvalue weighted by Crippen LogP contribution is 2.38. The molecule has 0 unspecified atom stereocenters. The molecule has 0 saturated carbocycles. The molecular formula is C42H26N4. The Morgan fingerprint density at radius 2 is 0.609 bits per heavy atom. The van der Waals surface area contributed by atoms with Crippen LogP contribution in [0.25, 0.3) is 98.6 Å². The smallest absolute Gasteiger partial charge is 0.0541 e. The van der Waals surface area contributed by atoms with Crippen LogP contribution in [0, 0.1) is 0 Å². The van der Waals surface area contributed by atoms with Gasteiger partial charge in [-0.15, -0.1) is 0 Å². The van der Waals surface area contributed by atoms with Crippen LogP contribution in [0.4, 0.5) is 0 Å². The Balaban J connectivity index is 1.13. The zero-order valence-corrected chi connectivity index (χ0v) is 24.8. The monoisotopic (exact) mass is 586 g/mol. The Bertz CT molecular complexity index is 2720. The molecule has 11 rings (SSSR count). The number of benzene rings is 7. The standard InChI is InChI=1S/C42H26N4/c1-5-13-39-27(9-1)28-10-2-6-14-40(28)45(39)25-17-19-35-31(21-25)33-23-38-34(24-37(33)43-35)32-22-26(18-20-36(32)44-38)46-41-15-7-3-11-29(41)30-12-4-8-16-42(30)46/h1-24,43-44H. The van der Waals surface area contributed by atoms with Gasteiger partial charge in [0.15, 0.2) is 0 Å². The van der Waals surface area contributed by atoms with E-state index in [2.05, 4.69) is 165 Å². The third-order valence-electron chi connectivity index (χ3n) is 9.96. The Labute approximate surface area is 262 Å². The van der Waals surface area contributed by atoms with E-state index in [4.69, 9.17) is 0 Å². The van der Waals surface area contributed by atoms with Gasteiger partial charge < -0.3 is 19.1 Å². The molecule has 4 nitrogen and oxygen atoms in total. The molecule has 2 N–H and O–H groups in total. The second kappa shape index (κ2) is 8.68.